The molecule has 0 amide bonds. The number of hydrogen-bond acceptors (Lipinski definition) is 2. The Morgan fingerprint density at radius 2 is 1.66 bits per heavy atom. The maximum absolute atomic E-state index is 12.4. The van der Waals surface area contributed by atoms with E-state index in [1.54, 1.807) is 0 Å². The highest BCUT2D eigenvalue weighted by Gasteiger charge is 2.52. The standard InChI is InChI=1S/C26H46O2Si/c1-11-19(8)25-21(10)14-22-24(13-12-20(9)26(22)23(25)15-27)28-29(16(2)3,17(4)5)18(6)7/h11,14-18,20,22-26H,12-13H2,1-10H3/b19-11+/t20-,22+,23+,24-,25+,26+/m1/s1. The van der Waals surface area contributed by atoms with Crippen molar-refractivity contribution in [2.24, 2.45) is 29.6 Å². The summed E-state index contributed by atoms with van der Waals surface area (Å²) in [5.74, 6) is 1.68. The van der Waals surface area contributed by atoms with Gasteiger partial charge >= 0.3 is 0 Å². The van der Waals surface area contributed by atoms with Gasteiger partial charge in [0.1, 0.15) is 6.29 Å². The van der Waals surface area contributed by atoms with Crippen molar-refractivity contribution >= 4 is 14.6 Å². The third-order valence-corrected chi connectivity index (χ3v) is 14.5. The van der Waals surface area contributed by atoms with Crippen molar-refractivity contribution in [3.8, 4) is 0 Å². The van der Waals surface area contributed by atoms with Crippen LogP contribution in [-0.4, -0.2) is 20.7 Å². The minimum Gasteiger partial charge on any atom is -0.413 e. The van der Waals surface area contributed by atoms with E-state index < -0.39 is 8.32 Å². The Balaban J connectivity index is 2.50. The maximum Gasteiger partial charge on any atom is 0.200 e. The Hall–Kier alpha value is -0.673. The number of carbonyl (C=O) groups excluding carboxylic acids is 1. The molecule has 0 N–H and O–H groups in total. The fourth-order valence-corrected chi connectivity index (χ4v) is 12.7. The molecule has 6 atom stereocenters. The summed E-state index contributed by atoms with van der Waals surface area (Å²) < 4.78 is 7.31. The van der Waals surface area contributed by atoms with E-state index in [0.717, 1.165) is 6.42 Å². The molecule has 0 heterocycles. The van der Waals surface area contributed by atoms with Crippen LogP contribution in [0.2, 0.25) is 16.6 Å². The van der Waals surface area contributed by atoms with Gasteiger partial charge in [0.05, 0.1) is 6.10 Å². The van der Waals surface area contributed by atoms with E-state index in [1.165, 1.54) is 23.9 Å². The Bertz CT molecular complexity index is 609. The summed E-state index contributed by atoms with van der Waals surface area (Å²) in [5.41, 5.74) is 4.48. The lowest BCUT2D eigenvalue weighted by molar-refractivity contribution is -0.117. The molecule has 0 aromatic carbocycles. The summed E-state index contributed by atoms with van der Waals surface area (Å²) in [4.78, 5) is 12.4. The molecule has 2 aliphatic rings. The van der Waals surface area contributed by atoms with Gasteiger partial charge in [-0.25, -0.2) is 0 Å². The Kier molecular flexibility index (Phi) is 8.18. The van der Waals surface area contributed by atoms with Crippen LogP contribution >= 0.6 is 0 Å². The van der Waals surface area contributed by atoms with Gasteiger partial charge in [-0.05, 0) is 62.1 Å². The van der Waals surface area contributed by atoms with Gasteiger partial charge in [0, 0.05) is 17.8 Å². The maximum atomic E-state index is 12.4. The smallest absolute Gasteiger partial charge is 0.200 e. The predicted molar refractivity (Wildman–Crippen MR) is 128 cm³/mol. The molecule has 0 saturated heterocycles. The van der Waals surface area contributed by atoms with Crippen molar-refractivity contribution in [3.05, 3.63) is 23.3 Å². The second-order valence-electron chi connectivity index (χ2n) is 10.8. The van der Waals surface area contributed by atoms with E-state index in [4.69, 9.17) is 4.43 Å². The van der Waals surface area contributed by atoms with E-state index in [-0.39, 0.29) is 17.9 Å². The van der Waals surface area contributed by atoms with Crippen molar-refractivity contribution in [2.75, 3.05) is 0 Å². The molecule has 0 aromatic heterocycles. The molecule has 166 valence electrons. The number of allylic oxidation sites excluding steroid dienone is 3. The summed E-state index contributed by atoms with van der Waals surface area (Å²) >= 11 is 0. The Labute approximate surface area is 181 Å². The van der Waals surface area contributed by atoms with Crippen LogP contribution in [0.3, 0.4) is 0 Å². The van der Waals surface area contributed by atoms with Gasteiger partial charge in [-0.3, -0.25) is 0 Å². The molecule has 0 spiro atoms. The Morgan fingerprint density at radius 1 is 1.10 bits per heavy atom. The van der Waals surface area contributed by atoms with E-state index in [1.807, 2.05) is 0 Å². The largest absolute Gasteiger partial charge is 0.413 e. The topological polar surface area (TPSA) is 26.3 Å². The number of rotatable bonds is 7. The van der Waals surface area contributed by atoms with Crippen LogP contribution in [0.25, 0.3) is 0 Å². The summed E-state index contributed by atoms with van der Waals surface area (Å²) in [7, 11) is -1.94. The monoisotopic (exact) mass is 418 g/mol. The highest BCUT2D eigenvalue weighted by molar-refractivity contribution is 6.77. The molecule has 2 aliphatic carbocycles. The van der Waals surface area contributed by atoms with Gasteiger partial charge < -0.3 is 9.22 Å². The predicted octanol–water partition coefficient (Wildman–Crippen LogP) is 7.57. The van der Waals surface area contributed by atoms with Crippen LogP contribution in [0, 0.1) is 29.6 Å². The number of aldehydes is 1. The van der Waals surface area contributed by atoms with E-state index in [9.17, 15) is 4.79 Å². The van der Waals surface area contributed by atoms with E-state index >= 15 is 0 Å². The fourth-order valence-electron chi connectivity index (χ4n) is 7.05. The summed E-state index contributed by atoms with van der Waals surface area (Å²) in [6.07, 6.45) is 8.52. The normalized spacial score (nSPS) is 33.8. The lowest BCUT2D eigenvalue weighted by Crippen LogP contribution is -2.55. The van der Waals surface area contributed by atoms with E-state index in [2.05, 4.69) is 81.4 Å². The quantitative estimate of drug-likeness (QED) is 0.242. The summed E-state index contributed by atoms with van der Waals surface area (Å²) in [5, 5.41) is 0. The second kappa shape index (κ2) is 9.64. The third kappa shape index (κ3) is 4.37. The van der Waals surface area contributed by atoms with Crippen LogP contribution in [0.1, 0.15) is 82.1 Å². The van der Waals surface area contributed by atoms with Gasteiger partial charge in [0.15, 0.2) is 0 Å². The van der Waals surface area contributed by atoms with Crippen molar-refractivity contribution in [1.29, 1.82) is 0 Å². The van der Waals surface area contributed by atoms with Crippen molar-refractivity contribution < 1.29 is 9.22 Å². The third-order valence-electron chi connectivity index (χ3n) is 8.38. The van der Waals surface area contributed by atoms with Crippen LogP contribution in [0.15, 0.2) is 23.3 Å². The van der Waals surface area contributed by atoms with Crippen molar-refractivity contribution in [3.63, 3.8) is 0 Å². The van der Waals surface area contributed by atoms with Crippen molar-refractivity contribution in [2.45, 2.75) is 105 Å². The molecular formula is C26H46O2Si. The molecule has 0 aromatic rings. The molecule has 29 heavy (non-hydrogen) atoms. The first-order chi connectivity index (χ1) is 13.5. The minimum absolute atomic E-state index is 0.0795. The molecule has 1 fully saturated rings. The second-order valence-corrected chi connectivity index (χ2v) is 16.2. The average molecular weight is 419 g/mol. The van der Waals surface area contributed by atoms with E-state index in [0.29, 0.717) is 34.4 Å². The zero-order chi connectivity index (χ0) is 22.1. The molecule has 0 radical (unpaired) electrons. The number of hydrogen-bond donors (Lipinski definition) is 0. The summed E-state index contributed by atoms with van der Waals surface area (Å²) in [6.45, 7) is 23.1. The molecule has 0 aliphatic heterocycles. The summed E-state index contributed by atoms with van der Waals surface area (Å²) in [6, 6.07) is 0. The van der Waals surface area contributed by atoms with Gasteiger partial charge in [0.2, 0.25) is 8.32 Å². The molecule has 0 bridgehead atoms. The van der Waals surface area contributed by atoms with Crippen molar-refractivity contribution in [1.82, 2.24) is 0 Å². The number of carbonyl (C=O) groups is 1. The first-order valence-corrected chi connectivity index (χ1v) is 14.1. The Morgan fingerprint density at radius 3 is 2.10 bits per heavy atom. The molecule has 2 rings (SSSR count). The average Bonchev–Trinajstić information content (AvgIpc) is 2.64. The van der Waals surface area contributed by atoms with Crippen LogP contribution < -0.4 is 0 Å². The van der Waals surface area contributed by atoms with Gasteiger partial charge in [-0.2, -0.15) is 0 Å². The first kappa shape index (κ1) is 24.6. The lowest BCUT2D eigenvalue weighted by atomic mass is 9.57. The first-order valence-electron chi connectivity index (χ1n) is 12.0. The molecular weight excluding hydrogens is 372 g/mol. The van der Waals surface area contributed by atoms with Crippen LogP contribution in [0.5, 0.6) is 0 Å². The van der Waals surface area contributed by atoms with Crippen LogP contribution in [-0.2, 0) is 9.22 Å². The zero-order valence-electron chi connectivity index (χ0n) is 20.7. The highest BCUT2D eigenvalue weighted by Crippen LogP contribution is 2.52. The van der Waals surface area contributed by atoms with Gasteiger partial charge in [-0.15, -0.1) is 0 Å². The van der Waals surface area contributed by atoms with Gasteiger partial charge in [-0.1, -0.05) is 71.8 Å². The molecule has 1 saturated carbocycles. The van der Waals surface area contributed by atoms with Gasteiger partial charge in [0.25, 0.3) is 0 Å². The zero-order valence-corrected chi connectivity index (χ0v) is 21.7. The van der Waals surface area contributed by atoms with Crippen LogP contribution in [0.4, 0.5) is 0 Å². The SMILES string of the molecule is C/C=C(\C)[C@H]1C(C)=C[C@@H]2[C@@H]([C@H]1C=O)[C@H](C)CC[C@H]2O[Si](C(C)C)(C(C)C)C(C)C. The molecule has 3 heteroatoms. The molecule has 2 nitrogen and oxygen atoms in total. The molecule has 0 unspecified atom stereocenters. The fraction of sp³-hybridized carbons (Fsp3) is 0.808. The highest BCUT2D eigenvalue weighted by atomic mass is 28.4. The minimum atomic E-state index is -1.94. The lowest BCUT2D eigenvalue weighted by Gasteiger charge is -2.53. The number of fused-ring (bicyclic) bond motifs is 1.